The lowest BCUT2D eigenvalue weighted by Crippen LogP contribution is -2.51. The SMILES string of the molecule is CC(=O)[C@H](C)NC(=O)[C@@H](CCc1ccccc1)NC(=O)OC(C)(C)C.C[C@H](NC(=O)[C@@H](CCc1ccccc1)NC(=O)OC(C)(C)C)C(=O)O. The number of aryl methyl sites for hydroxylation is 2. The van der Waals surface area contributed by atoms with Gasteiger partial charge in [0.1, 0.15) is 29.3 Å². The van der Waals surface area contributed by atoms with Crippen molar-refractivity contribution in [2.75, 3.05) is 0 Å². The van der Waals surface area contributed by atoms with E-state index in [0.717, 1.165) is 11.1 Å². The molecular weight excluding hydrogens is 644 g/mol. The van der Waals surface area contributed by atoms with Gasteiger partial charge in [0.25, 0.3) is 0 Å². The van der Waals surface area contributed by atoms with Crippen LogP contribution in [0, 0.1) is 0 Å². The van der Waals surface area contributed by atoms with Crippen LogP contribution in [0.25, 0.3) is 0 Å². The molecule has 0 aliphatic rings. The predicted molar refractivity (Wildman–Crippen MR) is 189 cm³/mol. The molecule has 0 spiro atoms. The van der Waals surface area contributed by atoms with Crippen LogP contribution < -0.4 is 21.3 Å². The Hall–Kier alpha value is -4.94. The molecule has 0 heterocycles. The van der Waals surface area contributed by atoms with E-state index in [-0.39, 0.29) is 5.78 Å². The van der Waals surface area contributed by atoms with Crippen molar-refractivity contribution < 1.29 is 43.3 Å². The van der Waals surface area contributed by atoms with Crippen molar-refractivity contribution in [2.45, 2.75) is 123 Å². The number of alkyl carbamates (subject to hydrolysis) is 2. The second kappa shape index (κ2) is 20.5. The first-order valence-corrected chi connectivity index (χ1v) is 16.6. The van der Waals surface area contributed by atoms with E-state index in [4.69, 9.17) is 14.6 Å². The normalized spacial score (nSPS) is 13.5. The zero-order valence-corrected chi connectivity index (χ0v) is 30.6. The maximum Gasteiger partial charge on any atom is 0.408 e. The van der Waals surface area contributed by atoms with E-state index in [1.807, 2.05) is 60.7 Å². The van der Waals surface area contributed by atoms with Crippen LogP contribution in [-0.4, -0.2) is 76.2 Å². The average molecular weight is 699 g/mol. The highest BCUT2D eigenvalue weighted by Crippen LogP contribution is 2.11. The maximum absolute atomic E-state index is 12.4. The first-order chi connectivity index (χ1) is 23.2. The number of carbonyl (C=O) groups is 6. The van der Waals surface area contributed by atoms with Gasteiger partial charge in [-0.15, -0.1) is 0 Å². The molecule has 0 aromatic heterocycles. The minimum atomic E-state index is -1.15. The first kappa shape index (κ1) is 43.1. The first-order valence-electron chi connectivity index (χ1n) is 16.6. The molecule has 0 bridgehead atoms. The van der Waals surface area contributed by atoms with Crippen molar-refractivity contribution in [3.63, 3.8) is 0 Å². The third-order valence-corrected chi connectivity index (χ3v) is 6.84. The van der Waals surface area contributed by atoms with Gasteiger partial charge in [0.2, 0.25) is 11.8 Å². The lowest BCUT2D eigenvalue weighted by atomic mass is 10.0. The third-order valence-electron chi connectivity index (χ3n) is 6.84. The zero-order valence-electron chi connectivity index (χ0n) is 30.6. The molecule has 50 heavy (non-hydrogen) atoms. The fourth-order valence-electron chi connectivity index (χ4n) is 4.14. The van der Waals surface area contributed by atoms with Crippen LogP contribution >= 0.6 is 0 Å². The van der Waals surface area contributed by atoms with Gasteiger partial charge in [0.05, 0.1) is 6.04 Å². The van der Waals surface area contributed by atoms with Gasteiger partial charge in [-0.2, -0.15) is 0 Å². The fourth-order valence-corrected chi connectivity index (χ4v) is 4.14. The van der Waals surface area contributed by atoms with Crippen molar-refractivity contribution in [1.29, 1.82) is 0 Å². The Balaban J connectivity index is 0.000000500. The van der Waals surface area contributed by atoms with Gasteiger partial charge in [-0.05, 0) is 99.1 Å². The summed E-state index contributed by atoms with van der Waals surface area (Å²) in [7, 11) is 0. The average Bonchev–Trinajstić information content (AvgIpc) is 3.00. The molecule has 0 unspecified atom stereocenters. The van der Waals surface area contributed by atoms with Gasteiger partial charge >= 0.3 is 18.2 Å². The molecule has 5 N–H and O–H groups in total. The minimum absolute atomic E-state index is 0.146. The number of Topliss-reactive ketones (excluding diaryl/α,β-unsaturated/α-hetero) is 1. The molecule has 0 saturated carbocycles. The minimum Gasteiger partial charge on any atom is -0.480 e. The van der Waals surface area contributed by atoms with Crippen molar-refractivity contribution in [2.24, 2.45) is 0 Å². The maximum atomic E-state index is 12.4. The molecule has 2 aromatic rings. The number of carboxylic acid groups (broad SMARTS) is 1. The Morgan fingerprint density at radius 3 is 1.24 bits per heavy atom. The smallest absolute Gasteiger partial charge is 0.408 e. The number of carboxylic acids is 1. The number of aliphatic carboxylic acids is 1. The fraction of sp³-hybridized carbons (Fsp3) is 0.514. The van der Waals surface area contributed by atoms with Crippen LogP contribution in [0.15, 0.2) is 60.7 Å². The van der Waals surface area contributed by atoms with E-state index >= 15 is 0 Å². The van der Waals surface area contributed by atoms with E-state index in [0.29, 0.717) is 25.7 Å². The molecule has 2 rings (SSSR count). The highest BCUT2D eigenvalue weighted by molar-refractivity contribution is 5.91. The molecule has 4 atom stereocenters. The summed E-state index contributed by atoms with van der Waals surface area (Å²) >= 11 is 0. The third kappa shape index (κ3) is 19.2. The quantitative estimate of drug-likeness (QED) is 0.186. The Morgan fingerprint density at radius 1 is 0.600 bits per heavy atom. The Morgan fingerprint density at radius 2 is 0.940 bits per heavy atom. The molecule has 13 heteroatoms. The molecule has 0 aliphatic heterocycles. The van der Waals surface area contributed by atoms with E-state index in [1.54, 1.807) is 48.5 Å². The number of hydrogen-bond donors (Lipinski definition) is 5. The molecule has 276 valence electrons. The summed E-state index contributed by atoms with van der Waals surface area (Å²) in [6.45, 7) is 14.8. The number of benzene rings is 2. The monoisotopic (exact) mass is 698 g/mol. The van der Waals surface area contributed by atoms with E-state index < -0.39 is 65.3 Å². The van der Waals surface area contributed by atoms with Crippen LogP contribution in [0.4, 0.5) is 9.59 Å². The number of rotatable bonds is 14. The summed E-state index contributed by atoms with van der Waals surface area (Å²) in [6.07, 6.45) is 0.514. The van der Waals surface area contributed by atoms with E-state index in [2.05, 4.69) is 21.3 Å². The van der Waals surface area contributed by atoms with Crippen LogP contribution in [0.5, 0.6) is 0 Å². The molecule has 0 radical (unpaired) electrons. The molecule has 2 aromatic carbocycles. The number of nitrogens with one attached hydrogen (secondary N) is 4. The van der Waals surface area contributed by atoms with E-state index in [1.165, 1.54) is 13.8 Å². The van der Waals surface area contributed by atoms with Gasteiger partial charge < -0.3 is 35.8 Å². The summed E-state index contributed by atoms with van der Waals surface area (Å²) in [6, 6.07) is 15.9. The van der Waals surface area contributed by atoms with Gasteiger partial charge in [-0.25, -0.2) is 9.59 Å². The van der Waals surface area contributed by atoms with Gasteiger partial charge in [-0.1, -0.05) is 60.7 Å². The molecule has 0 aliphatic carbocycles. The molecule has 13 nitrogen and oxygen atoms in total. The lowest BCUT2D eigenvalue weighted by molar-refractivity contribution is -0.141. The van der Waals surface area contributed by atoms with Crippen LogP contribution in [0.3, 0.4) is 0 Å². The molecule has 4 amide bonds. The number of amides is 4. The standard InChI is InChI=1S/C19H28N2O4.C18H26N2O5/c1-13(14(2)22)20-17(23)16(21-18(24)25-19(3,4)5)12-11-15-9-7-6-8-10-15;1-12(16(22)23)19-15(21)14(20-17(24)25-18(2,3)4)11-10-13-8-6-5-7-9-13/h6-10,13,16H,11-12H2,1-5H3,(H,20,23)(H,21,24);5-9,12,14H,10-11H2,1-4H3,(H,19,21)(H,20,24)(H,22,23)/t13-,16+;12-,14+/m00/s1. The Kier molecular flexibility index (Phi) is 17.7. The van der Waals surface area contributed by atoms with Crippen molar-refractivity contribution in [1.82, 2.24) is 21.3 Å². The summed E-state index contributed by atoms with van der Waals surface area (Å²) in [4.78, 5) is 71.1. The Bertz CT molecular complexity index is 1300. The van der Waals surface area contributed by atoms with Crippen molar-refractivity contribution in [3.05, 3.63) is 71.8 Å². The lowest BCUT2D eigenvalue weighted by Gasteiger charge is -2.24. The number of carbonyl (C=O) groups excluding carboxylic acids is 5. The van der Waals surface area contributed by atoms with Crippen LogP contribution in [0.2, 0.25) is 0 Å². The highest BCUT2D eigenvalue weighted by Gasteiger charge is 2.27. The number of ketones is 1. The topological polar surface area (TPSA) is 189 Å². The van der Waals surface area contributed by atoms with Crippen LogP contribution in [-0.2, 0) is 41.5 Å². The summed E-state index contributed by atoms with van der Waals surface area (Å²) in [5.74, 6) is -2.25. The van der Waals surface area contributed by atoms with Crippen molar-refractivity contribution >= 4 is 35.8 Å². The van der Waals surface area contributed by atoms with Crippen LogP contribution in [0.1, 0.15) is 86.3 Å². The Labute approximate surface area is 295 Å². The molecular formula is C37H54N4O9. The number of hydrogen-bond acceptors (Lipinski definition) is 8. The van der Waals surface area contributed by atoms with E-state index in [9.17, 15) is 28.8 Å². The largest absolute Gasteiger partial charge is 0.480 e. The second-order valence-electron chi connectivity index (χ2n) is 13.9. The number of ether oxygens (including phenoxy) is 2. The van der Waals surface area contributed by atoms with Gasteiger partial charge in [0, 0.05) is 0 Å². The molecule has 0 saturated heterocycles. The van der Waals surface area contributed by atoms with Gasteiger partial charge in [-0.3, -0.25) is 19.2 Å². The molecule has 0 fully saturated rings. The van der Waals surface area contributed by atoms with Crippen molar-refractivity contribution in [3.8, 4) is 0 Å². The summed E-state index contributed by atoms with van der Waals surface area (Å²) in [5.41, 5.74) is 0.722. The zero-order chi connectivity index (χ0) is 38.1. The summed E-state index contributed by atoms with van der Waals surface area (Å²) < 4.78 is 10.4. The highest BCUT2D eigenvalue weighted by atomic mass is 16.6. The summed E-state index contributed by atoms with van der Waals surface area (Å²) in [5, 5.41) is 19.1. The van der Waals surface area contributed by atoms with Gasteiger partial charge in [0.15, 0.2) is 5.78 Å². The second-order valence-corrected chi connectivity index (χ2v) is 13.9. The predicted octanol–water partition coefficient (Wildman–Crippen LogP) is 4.71.